The molecule has 0 heterocycles. The Labute approximate surface area is 113 Å². The summed E-state index contributed by atoms with van der Waals surface area (Å²) in [7, 11) is 0. The Hall–Kier alpha value is -1.62. The van der Waals surface area contributed by atoms with Gasteiger partial charge in [0, 0.05) is 18.8 Å². The fraction of sp³-hybridized carbons (Fsp3) is 0.500. The largest absolute Gasteiger partial charge is 0.371 e. The number of anilines is 1. The average molecular weight is 267 g/mol. The first-order valence-corrected chi connectivity index (χ1v) is 6.35. The zero-order valence-electron chi connectivity index (χ0n) is 11.7. The molecule has 1 rings (SSSR count). The Morgan fingerprint density at radius 2 is 2.05 bits per heavy atom. The topological polar surface area (TPSA) is 72.3 Å². The smallest absolute Gasteiger partial charge is 0.250 e. The van der Waals surface area contributed by atoms with Crippen molar-refractivity contribution in [2.45, 2.75) is 20.8 Å². The van der Waals surface area contributed by atoms with Gasteiger partial charge in [0.15, 0.2) is 0 Å². The van der Waals surface area contributed by atoms with Crippen LogP contribution in [0.3, 0.4) is 0 Å². The third-order valence-corrected chi connectivity index (χ3v) is 3.12. The zero-order chi connectivity index (χ0) is 14.6. The predicted molar refractivity (Wildman–Crippen MR) is 75.6 cm³/mol. The Balaban J connectivity index is 3.15. The number of carbonyl (C=O) groups excluding carboxylic acids is 1. The van der Waals surface area contributed by atoms with Gasteiger partial charge in [0.1, 0.15) is 5.82 Å². The highest BCUT2D eigenvalue weighted by Crippen LogP contribution is 2.25. The van der Waals surface area contributed by atoms with Gasteiger partial charge >= 0.3 is 0 Å². The van der Waals surface area contributed by atoms with E-state index in [0.29, 0.717) is 25.3 Å². The van der Waals surface area contributed by atoms with Gasteiger partial charge in [-0.05, 0) is 37.1 Å². The van der Waals surface area contributed by atoms with Crippen LogP contribution in [0.15, 0.2) is 18.2 Å². The lowest BCUT2D eigenvalue weighted by molar-refractivity contribution is 0.1000. The van der Waals surface area contributed by atoms with E-state index in [4.69, 9.17) is 11.5 Å². The fourth-order valence-electron chi connectivity index (χ4n) is 1.93. The molecule has 0 aromatic heterocycles. The Kier molecular flexibility index (Phi) is 4.89. The lowest BCUT2D eigenvalue weighted by Crippen LogP contribution is -2.39. The molecule has 0 spiro atoms. The van der Waals surface area contributed by atoms with Crippen LogP contribution in [0.2, 0.25) is 0 Å². The summed E-state index contributed by atoms with van der Waals surface area (Å²) in [6.45, 7) is 7.95. The monoisotopic (exact) mass is 267 g/mol. The summed E-state index contributed by atoms with van der Waals surface area (Å²) in [5.41, 5.74) is 11.8. The second-order valence-electron chi connectivity index (χ2n) is 5.41. The Morgan fingerprint density at radius 3 is 2.53 bits per heavy atom. The van der Waals surface area contributed by atoms with Crippen LogP contribution in [0.5, 0.6) is 0 Å². The summed E-state index contributed by atoms with van der Waals surface area (Å²) in [6, 6.07) is 4.10. The first kappa shape index (κ1) is 15.4. The van der Waals surface area contributed by atoms with Crippen molar-refractivity contribution in [3.63, 3.8) is 0 Å². The third-order valence-electron chi connectivity index (χ3n) is 3.12. The maximum atomic E-state index is 13.2. The number of amides is 1. The molecule has 0 fully saturated rings. The van der Waals surface area contributed by atoms with Crippen LogP contribution in [0.4, 0.5) is 10.1 Å². The van der Waals surface area contributed by atoms with E-state index in [1.807, 2.05) is 25.7 Å². The number of nitrogens with two attached hydrogens (primary N) is 2. The second kappa shape index (κ2) is 6.02. The number of hydrogen-bond donors (Lipinski definition) is 2. The molecular weight excluding hydrogens is 245 g/mol. The first-order chi connectivity index (χ1) is 8.80. The molecule has 0 bridgehead atoms. The molecule has 4 N–H and O–H groups in total. The molecular formula is C14H22FN3O. The summed E-state index contributed by atoms with van der Waals surface area (Å²) < 4.78 is 13.2. The van der Waals surface area contributed by atoms with Crippen molar-refractivity contribution in [2.24, 2.45) is 16.9 Å². The van der Waals surface area contributed by atoms with E-state index in [1.165, 1.54) is 12.1 Å². The number of rotatable bonds is 6. The van der Waals surface area contributed by atoms with Gasteiger partial charge in [-0.2, -0.15) is 0 Å². The maximum absolute atomic E-state index is 13.2. The lowest BCUT2D eigenvalue weighted by atomic mass is 9.92. The molecule has 1 aromatic carbocycles. The molecule has 0 radical (unpaired) electrons. The van der Waals surface area contributed by atoms with E-state index in [9.17, 15) is 9.18 Å². The average Bonchev–Trinajstić information content (AvgIpc) is 2.36. The molecule has 1 amide bonds. The SMILES string of the molecule is CCN(CC(C)(C)CN)c1ccc(F)cc1C(N)=O. The van der Waals surface area contributed by atoms with Crippen LogP contribution in [0.1, 0.15) is 31.1 Å². The zero-order valence-corrected chi connectivity index (χ0v) is 11.7. The molecule has 19 heavy (non-hydrogen) atoms. The Bertz CT molecular complexity index is 460. The number of benzene rings is 1. The van der Waals surface area contributed by atoms with Gasteiger partial charge in [-0.1, -0.05) is 13.8 Å². The highest BCUT2D eigenvalue weighted by Gasteiger charge is 2.22. The molecule has 1 aromatic rings. The van der Waals surface area contributed by atoms with Crippen LogP contribution in [-0.4, -0.2) is 25.5 Å². The minimum absolute atomic E-state index is 0.0979. The standard InChI is InChI=1S/C14H22FN3O/c1-4-18(9-14(2,3)8-16)12-6-5-10(15)7-11(12)13(17)19/h5-7H,4,8-9,16H2,1-3H3,(H2,17,19). The number of carbonyl (C=O) groups is 1. The number of primary amides is 1. The number of halogens is 1. The maximum Gasteiger partial charge on any atom is 0.250 e. The highest BCUT2D eigenvalue weighted by atomic mass is 19.1. The van der Waals surface area contributed by atoms with Crippen molar-refractivity contribution in [3.05, 3.63) is 29.6 Å². The molecule has 106 valence electrons. The molecule has 0 atom stereocenters. The van der Waals surface area contributed by atoms with Crippen LogP contribution in [0.25, 0.3) is 0 Å². The van der Waals surface area contributed by atoms with Crippen molar-refractivity contribution >= 4 is 11.6 Å². The van der Waals surface area contributed by atoms with Crippen molar-refractivity contribution in [1.29, 1.82) is 0 Å². The predicted octanol–water partition coefficient (Wildman–Crippen LogP) is 1.74. The summed E-state index contributed by atoms with van der Waals surface area (Å²) in [4.78, 5) is 13.4. The van der Waals surface area contributed by atoms with Gasteiger partial charge in [0.2, 0.25) is 0 Å². The number of hydrogen-bond acceptors (Lipinski definition) is 3. The van der Waals surface area contributed by atoms with Gasteiger partial charge in [-0.25, -0.2) is 4.39 Å². The summed E-state index contributed by atoms with van der Waals surface area (Å²) in [5.74, 6) is -1.09. The molecule has 0 unspecified atom stereocenters. The van der Waals surface area contributed by atoms with E-state index in [1.54, 1.807) is 6.07 Å². The third kappa shape index (κ3) is 3.92. The molecule has 0 saturated heterocycles. The van der Waals surface area contributed by atoms with Gasteiger partial charge in [0.25, 0.3) is 5.91 Å². The summed E-state index contributed by atoms with van der Waals surface area (Å²) >= 11 is 0. The van der Waals surface area contributed by atoms with E-state index in [-0.39, 0.29) is 11.0 Å². The van der Waals surface area contributed by atoms with E-state index in [2.05, 4.69) is 0 Å². The van der Waals surface area contributed by atoms with Gasteiger partial charge in [0.05, 0.1) is 5.56 Å². The molecule has 0 aliphatic carbocycles. The summed E-state index contributed by atoms with van der Waals surface area (Å²) in [5, 5.41) is 0. The Morgan fingerprint density at radius 1 is 1.42 bits per heavy atom. The molecule has 0 saturated carbocycles. The minimum Gasteiger partial charge on any atom is -0.371 e. The lowest BCUT2D eigenvalue weighted by Gasteiger charge is -2.33. The number of nitrogens with zero attached hydrogens (tertiary/aromatic N) is 1. The van der Waals surface area contributed by atoms with E-state index in [0.717, 1.165) is 0 Å². The quantitative estimate of drug-likeness (QED) is 0.824. The minimum atomic E-state index is -0.626. The van der Waals surface area contributed by atoms with Crippen LogP contribution < -0.4 is 16.4 Å². The van der Waals surface area contributed by atoms with Crippen LogP contribution in [-0.2, 0) is 0 Å². The van der Waals surface area contributed by atoms with Crippen LogP contribution >= 0.6 is 0 Å². The fourth-order valence-corrected chi connectivity index (χ4v) is 1.93. The highest BCUT2D eigenvalue weighted by molar-refractivity contribution is 5.98. The van der Waals surface area contributed by atoms with E-state index < -0.39 is 11.7 Å². The molecule has 4 nitrogen and oxygen atoms in total. The second-order valence-corrected chi connectivity index (χ2v) is 5.41. The van der Waals surface area contributed by atoms with E-state index >= 15 is 0 Å². The van der Waals surface area contributed by atoms with Crippen molar-refractivity contribution < 1.29 is 9.18 Å². The van der Waals surface area contributed by atoms with Crippen molar-refractivity contribution in [3.8, 4) is 0 Å². The van der Waals surface area contributed by atoms with Crippen LogP contribution in [0, 0.1) is 11.2 Å². The van der Waals surface area contributed by atoms with Gasteiger partial charge in [-0.3, -0.25) is 4.79 Å². The van der Waals surface area contributed by atoms with Crippen molar-refractivity contribution in [1.82, 2.24) is 0 Å². The molecule has 0 aliphatic heterocycles. The van der Waals surface area contributed by atoms with Gasteiger partial charge < -0.3 is 16.4 Å². The van der Waals surface area contributed by atoms with Gasteiger partial charge in [-0.15, -0.1) is 0 Å². The molecule has 0 aliphatic rings. The molecule has 5 heteroatoms. The normalized spacial score (nSPS) is 11.4. The first-order valence-electron chi connectivity index (χ1n) is 6.35. The summed E-state index contributed by atoms with van der Waals surface area (Å²) in [6.07, 6.45) is 0. The van der Waals surface area contributed by atoms with Crippen molar-refractivity contribution in [2.75, 3.05) is 24.5 Å².